The van der Waals surface area contributed by atoms with E-state index >= 15 is 0 Å². The molecule has 2 nitrogen and oxygen atoms in total. The summed E-state index contributed by atoms with van der Waals surface area (Å²) in [4.78, 5) is 2.40. The summed E-state index contributed by atoms with van der Waals surface area (Å²) < 4.78 is 14.0. The van der Waals surface area contributed by atoms with Crippen LogP contribution in [0.15, 0.2) is 61.8 Å². The lowest BCUT2D eigenvalue weighted by Gasteiger charge is -2.35. The van der Waals surface area contributed by atoms with E-state index in [1.807, 2.05) is 12.1 Å². The molecule has 29 heavy (non-hydrogen) atoms. The Morgan fingerprint density at radius 3 is 2.10 bits per heavy atom. The fourth-order valence-corrected chi connectivity index (χ4v) is 3.74. The molecule has 3 rings (SSSR count). The maximum absolute atomic E-state index is 14.0. The Morgan fingerprint density at radius 2 is 1.62 bits per heavy atom. The molecule has 3 heteroatoms. The molecule has 0 bridgehead atoms. The molecule has 156 valence electrons. The number of likely N-dealkylation sites (tertiary alicyclic amines) is 1. The highest BCUT2D eigenvalue weighted by molar-refractivity contribution is 5.63. The van der Waals surface area contributed by atoms with Gasteiger partial charge in [-0.15, -0.1) is 0 Å². The van der Waals surface area contributed by atoms with Gasteiger partial charge in [-0.05, 0) is 86.5 Å². The normalized spacial score (nSPS) is 14.7. The van der Waals surface area contributed by atoms with Gasteiger partial charge in [0.25, 0.3) is 0 Å². The van der Waals surface area contributed by atoms with E-state index in [2.05, 4.69) is 68.0 Å². The van der Waals surface area contributed by atoms with Crippen LogP contribution in [-0.2, 0) is 5.67 Å². The molecule has 1 heterocycles. The summed E-state index contributed by atoms with van der Waals surface area (Å²) in [7, 11) is 0. The molecule has 0 spiro atoms. The second-order valence-electron chi connectivity index (χ2n) is 8.34. The average molecular weight is 395 g/mol. The van der Waals surface area contributed by atoms with Crippen molar-refractivity contribution in [3.63, 3.8) is 0 Å². The van der Waals surface area contributed by atoms with E-state index in [0.717, 1.165) is 37.2 Å². The number of rotatable bonds is 4. The Labute approximate surface area is 175 Å². The molecule has 2 N–H and O–H groups in total. The van der Waals surface area contributed by atoms with Crippen LogP contribution in [0.5, 0.6) is 0 Å². The van der Waals surface area contributed by atoms with Gasteiger partial charge in [-0.1, -0.05) is 49.6 Å². The predicted molar refractivity (Wildman–Crippen MR) is 123 cm³/mol. The van der Waals surface area contributed by atoms with Gasteiger partial charge in [0.1, 0.15) is 5.67 Å². The van der Waals surface area contributed by atoms with Gasteiger partial charge in [0.05, 0.1) is 0 Å². The van der Waals surface area contributed by atoms with Crippen molar-refractivity contribution in [1.29, 1.82) is 0 Å². The zero-order chi connectivity index (χ0) is 21.6. The molecule has 2 aromatic rings. The molecule has 1 saturated heterocycles. The lowest BCUT2D eigenvalue weighted by atomic mass is 9.87. The second-order valence-corrected chi connectivity index (χ2v) is 8.34. The molecule has 2 aromatic carbocycles. The van der Waals surface area contributed by atoms with Crippen LogP contribution in [0, 0.1) is 13.8 Å². The van der Waals surface area contributed by atoms with Crippen LogP contribution in [0.4, 0.5) is 4.39 Å². The molecular weight excluding hydrogens is 359 g/mol. The first kappa shape index (κ1) is 22.7. The van der Waals surface area contributed by atoms with Gasteiger partial charge in [-0.3, -0.25) is 0 Å². The van der Waals surface area contributed by atoms with Crippen molar-refractivity contribution < 1.29 is 4.39 Å². The molecule has 0 unspecified atom stereocenters. The number of nitrogens with zero attached hydrogens (tertiary/aromatic N) is 1. The molecule has 0 saturated carbocycles. The predicted octanol–water partition coefficient (Wildman–Crippen LogP) is 6.45. The van der Waals surface area contributed by atoms with Gasteiger partial charge < -0.3 is 10.6 Å². The molecule has 0 atom stereocenters. The molecule has 0 radical (unpaired) electrons. The van der Waals surface area contributed by atoms with Crippen LogP contribution >= 0.6 is 0 Å². The third-order valence-corrected chi connectivity index (χ3v) is 5.79. The third kappa shape index (κ3) is 5.96. The van der Waals surface area contributed by atoms with Crippen LogP contribution in [-0.4, -0.2) is 18.0 Å². The van der Waals surface area contributed by atoms with E-state index in [9.17, 15) is 4.39 Å². The highest BCUT2D eigenvalue weighted by Crippen LogP contribution is 2.33. The number of aryl methyl sites for hydroxylation is 2. The molecule has 0 aromatic heterocycles. The smallest absolute Gasteiger partial charge is 0.130 e. The summed E-state index contributed by atoms with van der Waals surface area (Å²) in [5.41, 5.74) is 10.4. The maximum Gasteiger partial charge on any atom is 0.130 e. The lowest BCUT2D eigenvalue weighted by molar-refractivity contribution is 0.221. The first-order valence-electron chi connectivity index (χ1n) is 10.3. The van der Waals surface area contributed by atoms with E-state index < -0.39 is 5.67 Å². The van der Waals surface area contributed by atoms with Gasteiger partial charge in [0.15, 0.2) is 0 Å². The fourth-order valence-electron chi connectivity index (χ4n) is 3.74. The van der Waals surface area contributed by atoms with E-state index in [1.165, 1.54) is 28.5 Å². The summed E-state index contributed by atoms with van der Waals surface area (Å²) in [6.07, 6.45) is 3.48. The SMILES string of the molecule is C=C(c1ccc(C)c(C)c1)N1CCC(c2ccc(C(C)(C)F)cc2)CC1.C=CN. The second kappa shape index (κ2) is 9.78. The topological polar surface area (TPSA) is 29.3 Å². The number of nitrogens with two attached hydrogens (primary N) is 1. The summed E-state index contributed by atoms with van der Waals surface area (Å²) in [5, 5.41) is 0. The van der Waals surface area contributed by atoms with Gasteiger partial charge in [0, 0.05) is 18.8 Å². The Morgan fingerprint density at radius 1 is 1.07 bits per heavy atom. The summed E-state index contributed by atoms with van der Waals surface area (Å²) in [6.45, 7) is 17.0. The number of halogens is 1. The number of hydrogen-bond donors (Lipinski definition) is 1. The van der Waals surface area contributed by atoms with Crippen LogP contribution < -0.4 is 5.73 Å². The minimum absolute atomic E-state index is 0.551. The number of alkyl halides is 1. The molecule has 1 aliphatic heterocycles. The lowest BCUT2D eigenvalue weighted by Crippen LogP contribution is -2.31. The van der Waals surface area contributed by atoms with Crippen LogP contribution in [0.1, 0.15) is 60.4 Å². The minimum Gasteiger partial charge on any atom is -0.405 e. The van der Waals surface area contributed by atoms with Crippen molar-refractivity contribution in [3.05, 3.63) is 89.6 Å². The Hall–Kier alpha value is -2.55. The van der Waals surface area contributed by atoms with Crippen molar-refractivity contribution >= 4 is 5.70 Å². The first-order chi connectivity index (χ1) is 13.7. The maximum atomic E-state index is 14.0. The largest absolute Gasteiger partial charge is 0.405 e. The average Bonchev–Trinajstić information content (AvgIpc) is 2.70. The Kier molecular flexibility index (Phi) is 7.66. The molecule has 1 fully saturated rings. The van der Waals surface area contributed by atoms with Crippen molar-refractivity contribution in [2.24, 2.45) is 5.73 Å². The van der Waals surface area contributed by atoms with Crippen molar-refractivity contribution in [2.45, 2.75) is 52.1 Å². The van der Waals surface area contributed by atoms with E-state index in [1.54, 1.807) is 13.8 Å². The standard InChI is InChI=1S/C24H30FN.C2H5N/c1-17-6-7-22(16-18(17)2)19(3)26-14-12-21(13-15-26)20-8-10-23(11-9-20)24(4,5)25;1-2-3/h6-11,16,21H,3,12-15H2,1-2,4-5H3;2H,1,3H2. The van der Waals surface area contributed by atoms with E-state index in [-0.39, 0.29) is 0 Å². The number of benzene rings is 2. The molecule has 0 amide bonds. The van der Waals surface area contributed by atoms with Gasteiger partial charge >= 0.3 is 0 Å². The summed E-state index contributed by atoms with van der Waals surface area (Å²) >= 11 is 0. The minimum atomic E-state index is -1.27. The third-order valence-electron chi connectivity index (χ3n) is 5.79. The first-order valence-corrected chi connectivity index (χ1v) is 10.3. The molecular formula is C26H35FN2. The fraction of sp³-hybridized carbons (Fsp3) is 0.385. The van der Waals surface area contributed by atoms with Gasteiger partial charge in [-0.25, -0.2) is 4.39 Å². The molecule has 1 aliphatic rings. The molecule has 0 aliphatic carbocycles. The highest BCUT2D eigenvalue weighted by atomic mass is 19.1. The van der Waals surface area contributed by atoms with E-state index in [0.29, 0.717) is 5.92 Å². The van der Waals surface area contributed by atoms with E-state index in [4.69, 9.17) is 0 Å². The zero-order valence-electron chi connectivity index (χ0n) is 18.3. The highest BCUT2D eigenvalue weighted by Gasteiger charge is 2.23. The Balaban J connectivity index is 0.000000941. The van der Waals surface area contributed by atoms with Crippen LogP contribution in [0.2, 0.25) is 0 Å². The number of hydrogen-bond acceptors (Lipinski definition) is 2. The summed E-state index contributed by atoms with van der Waals surface area (Å²) in [6, 6.07) is 14.7. The van der Waals surface area contributed by atoms with Gasteiger partial charge in [0.2, 0.25) is 0 Å². The van der Waals surface area contributed by atoms with Crippen molar-refractivity contribution in [3.8, 4) is 0 Å². The van der Waals surface area contributed by atoms with Crippen molar-refractivity contribution in [2.75, 3.05) is 13.1 Å². The van der Waals surface area contributed by atoms with Crippen LogP contribution in [0.3, 0.4) is 0 Å². The van der Waals surface area contributed by atoms with Crippen molar-refractivity contribution in [1.82, 2.24) is 4.90 Å². The summed E-state index contributed by atoms with van der Waals surface area (Å²) in [5.74, 6) is 0.551. The van der Waals surface area contributed by atoms with Gasteiger partial charge in [-0.2, -0.15) is 0 Å². The quantitative estimate of drug-likeness (QED) is 0.646. The number of piperidine rings is 1. The Bertz CT molecular complexity index is 823. The monoisotopic (exact) mass is 394 g/mol. The zero-order valence-corrected chi connectivity index (χ0v) is 18.3. The van der Waals surface area contributed by atoms with Crippen LogP contribution in [0.25, 0.3) is 5.70 Å².